The first-order valence-corrected chi connectivity index (χ1v) is 8.11. The average Bonchev–Trinajstić information content (AvgIpc) is 2.66. The monoisotopic (exact) mass is 281 g/mol. The highest BCUT2D eigenvalue weighted by Crippen LogP contribution is 2.29. The summed E-state index contributed by atoms with van der Waals surface area (Å²) in [4.78, 5) is 14.2. The molecule has 0 saturated carbocycles. The Bertz CT molecular complexity index is 553. The third-order valence-electron chi connectivity index (χ3n) is 3.48. The Labute approximate surface area is 114 Å². The maximum atomic E-state index is 12.6. The first-order valence-electron chi connectivity index (χ1n) is 6.56. The number of benzene rings is 1. The van der Waals surface area contributed by atoms with Crippen molar-refractivity contribution >= 4 is 15.7 Å². The van der Waals surface area contributed by atoms with Gasteiger partial charge in [-0.15, -0.1) is 0 Å². The highest BCUT2D eigenvalue weighted by molar-refractivity contribution is 7.92. The van der Waals surface area contributed by atoms with E-state index < -0.39 is 15.1 Å². The summed E-state index contributed by atoms with van der Waals surface area (Å²) in [6.07, 6.45) is 0.844. The van der Waals surface area contributed by atoms with Gasteiger partial charge in [-0.3, -0.25) is 4.79 Å². The number of hydrogen-bond donors (Lipinski definition) is 0. The topological polar surface area (TPSA) is 54.5 Å². The molecule has 1 aliphatic heterocycles. The molecular formula is C14H19NO3S. The minimum absolute atomic E-state index is 0.163. The van der Waals surface area contributed by atoms with Gasteiger partial charge in [-0.1, -0.05) is 32.0 Å². The van der Waals surface area contributed by atoms with E-state index in [4.69, 9.17) is 0 Å². The zero-order chi connectivity index (χ0) is 14.0. The number of carbonyl (C=O) groups excluding carboxylic acids is 1. The van der Waals surface area contributed by atoms with E-state index in [1.165, 1.54) is 0 Å². The van der Waals surface area contributed by atoms with E-state index in [1.807, 2.05) is 13.8 Å². The maximum Gasteiger partial charge on any atom is 0.241 e. The van der Waals surface area contributed by atoms with Crippen LogP contribution in [0.25, 0.3) is 0 Å². The highest BCUT2D eigenvalue weighted by atomic mass is 32.2. The van der Waals surface area contributed by atoms with Crippen molar-refractivity contribution in [2.24, 2.45) is 5.92 Å². The fourth-order valence-corrected chi connectivity index (χ4v) is 4.57. The van der Waals surface area contributed by atoms with Crippen LogP contribution in [0.2, 0.25) is 0 Å². The van der Waals surface area contributed by atoms with Gasteiger partial charge in [0.15, 0.2) is 9.84 Å². The van der Waals surface area contributed by atoms with Crippen molar-refractivity contribution in [3.63, 3.8) is 0 Å². The number of rotatable bonds is 4. The lowest BCUT2D eigenvalue weighted by Gasteiger charge is -2.15. The minimum Gasteiger partial charge on any atom is -0.341 e. The molecule has 1 aliphatic rings. The quantitative estimate of drug-likeness (QED) is 0.844. The Balaban J connectivity index is 2.34. The molecule has 0 unspecified atom stereocenters. The summed E-state index contributed by atoms with van der Waals surface area (Å²) in [6, 6.07) is 8.24. The Morgan fingerprint density at radius 3 is 2.47 bits per heavy atom. The summed E-state index contributed by atoms with van der Waals surface area (Å²) in [6.45, 7) is 4.98. The smallest absolute Gasteiger partial charge is 0.241 e. The second kappa shape index (κ2) is 5.33. The Hall–Kier alpha value is -1.36. The van der Waals surface area contributed by atoms with Crippen molar-refractivity contribution in [3.05, 3.63) is 30.3 Å². The van der Waals surface area contributed by atoms with Gasteiger partial charge in [0, 0.05) is 13.1 Å². The molecule has 1 saturated heterocycles. The molecule has 1 aromatic rings. The standard InChI is InChI=1S/C14H19NO3S/c1-3-9-15-10-11(2)13(14(15)16)19(17,18)12-7-5-4-6-8-12/h4-8,11,13H,3,9-10H2,1-2H3/t11-,13+/m1/s1. The third-order valence-corrected chi connectivity index (χ3v) is 5.74. The predicted molar refractivity (Wildman–Crippen MR) is 73.5 cm³/mol. The van der Waals surface area contributed by atoms with Gasteiger partial charge < -0.3 is 4.90 Å². The highest BCUT2D eigenvalue weighted by Gasteiger charge is 2.46. The molecule has 1 aromatic carbocycles. The lowest BCUT2D eigenvalue weighted by Crippen LogP contribution is -2.35. The zero-order valence-corrected chi connectivity index (χ0v) is 12.1. The van der Waals surface area contributed by atoms with Crippen LogP contribution in [-0.4, -0.2) is 37.6 Å². The fraction of sp³-hybridized carbons (Fsp3) is 0.500. The van der Waals surface area contributed by atoms with Gasteiger partial charge in [-0.05, 0) is 24.5 Å². The molecule has 1 amide bonds. The summed E-state index contributed by atoms with van der Waals surface area (Å²) in [5, 5.41) is -0.929. The number of carbonyl (C=O) groups is 1. The van der Waals surface area contributed by atoms with Crippen LogP contribution in [0, 0.1) is 5.92 Å². The van der Waals surface area contributed by atoms with Crippen molar-refractivity contribution in [2.75, 3.05) is 13.1 Å². The van der Waals surface area contributed by atoms with Crippen molar-refractivity contribution in [1.82, 2.24) is 4.90 Å². The number of sulfone groups is 1. The van der Waals surface area contributed by atoms with Gasteiger partial charge >= 0.3 is 0 Å². The molecule has 0 radical (unpaired) electrons. The van der Waals surface area contributed by atoms with Gasteiger partial charge in [-0.25, -0.2) is 8.42 Å². The molecule has 1 fully saturated rings. The van der Waals surface area contributed by atoms with Gasteiger partial charge in [0.25, 0.3) is 0 Å². The zero-order valence-electron chi connectivity index (χ0n) is 11.2. The summed E-state index contributed by atoms with van der Waals surface area (Å²) in [5.74, 6) is -0.414. The van der Waals surface area contributed by atoms with Crippen molar-refractivity contribution in [3.8, 4) is 0 Å². The van der Waals surface area contributed by atoms with Gasteiger partial charge in [0.1, 0.15) is 5.25 Å². The van der Waals surface area contributed by atoms with Crippen LogP contribution in [0.4, 0.5) is 0 Å². The minimum atomic E-state index is -3.58. The molecule has 0 aromatic heterocycles. The average molecular weight is 281 g/mol. The number of likely N-dealkylation sites (tertiary alicyclic amines) is 1. The second-order valence-electron chi connectivity index (χ2n) is 5.04. The molecule has 5 heteroatoms. The number of hydrogen-bond acceptors (Lipinski definition) is 3. The van der Waals surface area contributed by atoms with E-state index in [0.717, 1.165) is 6.42 Å². The van der Waals surface area contributed by atoms with Crippen LogP contribution in [0.5, 0.6) is 0 Å². The van der Waals surface area contributed by atoms with E-state index in [-0.39, 0.29) is 16.7 Å². The first kappa shape index (κ1) is 14.1. The molecule has 0 spiro atoms. The van der Waals surface area contributed by atoms with E-state index in [9.17, 15) is 13.2 Å². The van der Waals surface area contributed by atoms with E-state index in [2.05, 4.69) is 0 Å². The van der Waals surface area contributed by atoms with Crippen LogP contribution < -0.4 is 0 Å². The SMILES string of the molecule is CCCN1C[C@@H](C)[C@H](S(=O)(=O)c2ccccc2)C1=O. The molecule has 0 bridgehead atoms. The summed E-state index contributed by atoms with van der Waals surface area (Å²) in [7, 11) is -3.58. The Morgan fingerprint density at radius 2 is 1.89 bits per heavy atom. The van der Waals surface area contributed by atoms with Crippen LogP contribution in [0.1, 0.15) is 20.3 Å². The van der Waals surface area contributed by atoms with Crippen LogP contribution >= 0.6 is 0 Å². The molecule has 2 atom stereocenters. The summed E-state index contributed by atoms with van der Waals surface area (Å²) >= 11 is 0. The van der Waals surface area contributed by atoms with Crippen molar-refractivity contribution < 1.29 is 13.2 Å². The summed E-state index contributed by atoms with van der Waals surface area (Å²) in [5.41, 5.74) is 0. The Morgan fingerprint density at radius 1 is 1.26 bits per heavy atom. The number of amides is 1. The summed E-state index contributed by atoms with van der Waals surface area (Å²) < 4.78 is 25.1. The van der Waals surface area contributed by atoms with Crippen LogP contribution in [0.15, 0.2) is 35.2 Å². The lowest BCUT2D eigenvalue weighted by molar-refractivity contribution is -0.127. The van der Waals surface area contributed by atoms with E-state index in [1.54, 1.807) is 35.2 Å². The van der Waals surface area contributed by atoms with Gasteiger partial charge in [0.05, 0.1) is 4.90 Å². The maximum absolute atomic E-state index is 12.6. The lowest BCUT2D eigenvalue weighted by atomic mass is 10.1. The predicted octanol–water partition coefficient (Wildman–Crippen LogP) is 1.72. The fourth-order valence-electron chi connectivity index (χ4n) is 2.62. The Kier molecular flexibility index (Phi) is 3.94. The molecule has 2 rings (SSSR count). The molecule has 104 valence electrons. The van der Waals surface area contributed by atoms with Gasteiger partial charge in [0.2, 0.25) is 5.91 Å². The molecule has 0 N–H and O–H groups in total. The first-order chi connectivity index (χ1) is 8.98. The second-order valence-corrected chi connectivity index (χ2v) is 7.11. The number of nitrogens with zero attached hydrogens (tertiary/aromatic N) is 1. The largest absolute Gasteiger partial charge is 0.341 e. The molecule has 1 heterocycles. The molecule has 0 aliphatic carbocycles. The van der Waals surface area contributed by atoms with Crippen molar-refractivity contribution in [2.45, 2.75) is 30.4 Å². The van der Waals surface area contributed by atoms with Crippen molar-refractivity contribution in [1.29, 1.82) is 0 Å². The normalized spacial score (nSPS) is 23.9. The van der Waals surface area contributed by atoms with E-state index >= 15 is 0 Å². The van der Waals surface area contributed by atoms with Crippen LogP contribution in [0.3, 0.4) is 0 Å². The van der Waals surface area contributed by atoms with E-state index in [0.29, 0.717) is 13.1 Å². The van der Waals surface area contributed by atoms with Crippen LogP contribution in [-0.2, 0) is 14.6 Å². The third kappa shape index (κ3) is 2.52. The molecular weight excluding hydrogens is 262 g/mol. The van der Waals surface area contributed by atoms with Gasteiger partial charge in [-0.2, -0.15) is 0 Å². The molecule has 4 nitrogen and oxygen atoms in total. The molecule has 19 heavy (non-hydrogen) atoms.